The Balaban J connectivity index is 0.00000116. The Hall–Kier alpha value is -1.45. The van der Waals surface area contributed by atoms with Gasteiger partial charge in [0.25, 0.3) is 0 Å². The van der Waals surface area contributed by atoms with Crippen LogP contribution in [-0.2, 0) is 6.42 Å². The zero-order valence-electron chi connectivity index (χ0n) is 13.7. The monoisotopic (exact) mass is 317 g/mol. The smallest absolute Gasteiger partial charge is 0.172 e. The number of carbonyl (C=O) groups is 1. The molecule has 0 aliphatic carbocycles. The fraction of sp³-hybridized carbons (Fsp3) is 0.421. The summed E-state index contributed by atoms with van der Waals surface area (Å²) >= 11 is 1.54. The summed E-state index contributed by atoms with van der Waals surface area (Å²) < 4.78 is 0. The highest BCUT2D eigenvalue weighted by atomic mass is 32.1. The molecule has 2 rings (SSSR count). The highest BCUT2D eigenvalue weighted by molar-refractivity contribution is 7.12. The van der Waals surface area contributed by atoms with E-state index in [2.05, 4.69) is 29.6 Å². The normalized spacial score (nSPS) is 9.91. The van der Waals surface area contributed by atoms with Crippen molar-refractivity contribution in [2.45, 2.75) is 39.5 Å². The summed E-state index contributed by atoms with van der Waals surface area (Å²) in [6, 6.07) is 14.3. The van der Waals surface area contributed by atoms with Crippen LogP contribution in [0.5, 0.6) is 0 Å². The topological polar surface area (TPSA) is 29.1 Å². The van der Waals surface area contributed by atoms with Gasteiger partial charge in [-0.3, -0.25) is 4.79 Å². The van der Waals surface area contributed by atoms with Crippen LogP contribution in [0.4, 0.5) is 0 Å². The van der Waals surface area contributed by atoms with Crippen molar-refractivity contribution in [3.8, 4) is 0 Å². The van der Waals surface area contributed by atoms with E-state index in [9.17, 15) is 4.79 Å². The number of rotatable bonds is 9. The van der Waals surface area contributed by atoms with Crippen molar-refractivity contribution in [2.24, 2.45) is 0 Å². The molecular formula is C19H27NOS. The maximum atomic E-state index is 11.8. The molecule has 2 aromatic rings. The van der Waals surface area contributed by atoms with E-state index >= 15 is 0 Å². The first kappa shape index (κ1) is 18.6. The molecule has 22 heavy (non-hydrogen) atoms. The number of carbonyl (C=O) groups excluding carboxylic acids is 1. The minimum Gasteiger partial charge on any atom is -0.316 e. The summed E-state index contributed by atoms with van der Waals surface area (Å²) in [5.41, 5.74) is 1.37. The van der Waals surface area contributed by atoms with Crippen molar-refractivity contribution in [3.05, 3.63) is 58.3 Å². The predicted molar refractivity (Wildman–Crippen MR) is 96.9 cm³/mol. The lowest BCUT2D eigenvalue weighted by Crippen LogP contribution is -2.18. The molecule has 0 saturated carbocycles. The molecule has 1 aromatic carbocycles. The lowest BCUT2D eigenvalue weighted by atomic mass is 10.1. The second-order valence-corrected chi connectivity index (χ2v) is 5.79. The molecule has 0 spiro atoms. The number of hydrogen-bond acceptors (Lipinski definition) is 3. The van der Waals surface area contributed by atoms with Gasteiger partial charge in [0.05, 0.1) is 4.88 Å². The first-order valence-corrected chi connectivity index (χ1v) is 9.05. The van der Waals surface area contributed by atoms with Crippen molar-refractivity contribution in [1.82, 2.24) is 5.32 Å². The molecule has 0 fully saturated rings. The van der Waals surface area contributed by atoms with E-state index in [0.29, 0.717) is 6.42 Å². The van der Waals surface area contributed by atoms with Crippen LogP contribution in [0.1, 0.15) is 48.3 Å². The van der Waals surface area contributed by atoms with Crippen LogP contribution in [-0.4, -0.2) is 18.9 Å². The van der Waals surface area contributed by atoms with Gasteiger partial charge in [-0.1, -0.05) is 50.2 Å². The van der Waals surface area contributed by atoms with Crippen LogP contribution in [0.15, 0.2) is 47.8 Å². The Labute approximate surface area is 138 Å². The molecule has 0 saturated heterocycles. The zero-order valence-corrected chi connectivity index (χ0v) is 14.5. The lowest BCUT2D eigenvalue weighted by molar-refractivity contribution is 0.0983. The van der Waals surface area contributed by atoms with Gasteiger partial charge in [0, 0.05) is 6.42 Å². The van der Waals surface area contributed by atoms with Gasteiger partial charge in [0.15, 0.2) is 5.78 Å². The molecule has 1 aromatic heterocycles. The Kier molecular flexibility index (Phi) is 10.3. The Morgan fingerprint density at radius 1 is 1.00 bits per heavy atom. The molecule has 0 radical (unpaired) electrons. The fourth-order valence-corrected chi connectivity index (χ4v) is 2.79. The van der Waals surface area contributed by atoms with Gasteiger partial charge in [0.1, 0.15) is 0 Å². The van der Waals surface area contributed by atoms with Crippen molar-refractivity contribution < 1.29 is 4.79 Å². The third-order valence-electron chi connectivity index (χ3n) is 3.24. The first-order valence-electron chi connectivity index (χ1n) is 8.17. The number of Topliss-reactive ketones (excluding diaryl/α,β-unsaturated/α-hetero) is 1. The standard InChI is InChI=1S/C17H21NOS.C2H6/c19-16(17-10-6-14-20-17)9-4-5-12-18-13-11-15-7-2-1-3-8-15;1-2/h1-3,6-8,10,14,18H,4-5,9,11-13H2;1-2H3. The molecule has 0 atom stereocenters. The Morgan fingerprint density at radius 2 is 1.77 bits per heavy atom. The molecular weight excluding hydrogens is 290 g/mol. The van der Waals surface area contributed by atoms with Crippen molar-refractivity contribution in [1.29, 1.82) is 0 Å². The average molecular weight is 317 g/mol. The first-order chi connectivity index (χ1) is 10.9. The minimum absolute atomic E-state index is 0.282. The maximum Gasteiger partial charge on any atom is 0.172 e. The fourth-order valence-electron chi connectivity index (χ4n) is 2.10. The summed E-state index contributed by atoms with van der Waals surface area (Å²) in [4.78, 5) is 12.7. The quantitative estimate of drug-likeness (QED) is 0.523. The zero-order chi connectivity index (χ0) is 16.0. The Bertz CT molecular complexity index is 493. The summed E-state index contributed by atoms with van der Waals surface area (Å²) in [7, 11) is 0. The molecule has 0 unspecified atom stereocenters. The summed E-state index contributed by atoms with van der Waals surface area (Å²) in [5.74, 6) is 0.282. The van der Waals surface area contributed by atoms with E-state index in [1.165, 1.54) is 16.9 Å². The van der Waals surface area contributed by atoms with E-state index in [4.69, 9.17) is 0 Å². The number of hydrogen-bond donors (Lipinski definition) is 1. The molecule has 0 aliphatic heterocycles. The van der Waals surface area contributed by atoms with E-state index in [1.807, 2.05) is 37.4 Å². The largest absolute Gasteiger partial charge is 0.316 e. The van der Waals surface area contributed by atoms with Gasteiger partial charge in [-0.25, -0.2) is 0 Å². The summed E-state index contributed by atoms with van der Waals surface area (Å²) in [6.45, 7) is 5.99. The minimum atomic E-state index is 0.282. The average Bonchev–Trinajstić information content (AvgIpc) is 3.11. The maximum absolute atomic E-state index is 11.8. The number of thiophene rings is 1. The van der Waals surface area contributed by atoms with Crippen molar-refractivity contribution >= 4 is 17.1 Å². The van der Waals surface area contributed by atoms with Crippen LogP contribution < -0.4 is 5.32 Å². The third-order valence-corrected chi connectivity index (χ3v) is 4.15. The molecule has 3 heteroatoms. The van der Waals surface area contributed by atoms with E-state index in [0.717, 1.165) is 37.2 Å². The highest BCUT2D eigenvalue weighted by Crippen LogP contribution is 2.12. The second-order valence-electron chi connectivity index (χ2n) is 4.84. The van der Waals surface area contributed by atoms with Crippen molar-refractivity contribution in [3.63, 3.8) is 0 Å². The molecule has 1 N–H and O–H groups in total. The highest BCUT2D eigenvalue weighted by Gasteiger charge is 2.05. The molecule has 0 bridgehead atoms. The number of benzene rings is 1. The van der Waals surface area contributed by atoms with Crippen LogP contribution in [0.2, 0.25) is 0 Å². The third kappa shape index (κ3) is 7.53. The predicted octanol–water partition coefficient (Wildman–Crippen LogP) is 4.96. The van der Waals surface area contributed by atoms with Gasteiger partial charge < -0.3 is 5.32 Å². The molecule has 2 nitrogen and oxygen atoms in total. The lowest BCUT2D eigenvalue weighted by Gasteiger charge is -2.04. The van der Waals surface area contributed by atoms with Crippen LogP contribution >= 0.6 is 11.3 Å². The van der Waals surface area contributed by atoms with Gasteiger partial charge in [-0.15, -0.1) is 11.3 Å². The summed E-state index contributed by atoms with van der Waals surface area (Å²) in [6.07, 6.45) is 3.76. The van der Waals surface area contributed by atoms with E-state index < -0.39 is 0 Å². The SMILES string of the molecule is CC.O=C(CCCCNCCc1ccccc1)c1cccs1. The van der Waals surface area contributed by atoms with Crippen LogP contribution in [0.3, 0.4) is 0 Å². The number of unbranched alkanes of at least 4 members (excludes halogenated alkanes) is 1. The van der Waals surface area contributed by atoms with Crippen LogP contribution in [0.25, 0.3) is 0 Å². The van der Waals surface area contributed by atoms with Gasteiger partial charge in [0.2, 0.25) is 0 Å². The Morgan fingerprint density at radius 3 is 2.45 bits per heavy atom. The van der Waals surface area contributed by atoms with Gasteiger partial charge >= 0.3 is 0 Å². The van der Waals surface area contributed by atoms with Gasteiger partial charge in [-0.05, 0) is 49.4 Å². The molecule has 120 valence electrons. The van der Waals surface area contributed by atoms with Crippen molar-refractivity contribution in [2.75, 3.05) is 13.1 Å². The molecule has 0 aliphatic rings. The molecule has 0 amide bonds. The summed E-state index contributed by atoms with van der Waals surface area (Å²) in [5, 5.41) is 5.39. The van der Waals surface area contributed by atoms with Crippen LogP contribution in [0, 0.1) is 0 Å². The van der Waals surface area contributed by atoms with E-state index in [1.54, 1.807) is 0 Å². The van der Waals surface area contributed by atoms with Gasteiger partial charge in [-0.2, -0.15) is 0 Å². The molecule has 1 heterocycles. The van der Waals surface area contributed by atoms with E-state index in [-0.39, 0.29) is 5.78 Å². The second kappa shape index (κ2) is 12.1. The number of ketones is 1. The number of nitrogens with one attached hydrogen (secondary N) is 1.